The van der Waals surface area contributed by atoms with Gasteiger partial charge in [-0.05, 0) is 30.0 Å². The Kier molecular flexibility index (Phi) is 6.85. The maximum atomic E-state index is 12.8. The number of hydrogen-bond acceptors (Lipinski definition) is 2. The summed E-state index contributed by atoms with van der Waals surface area (Å²) in [6, 6.07) is 6.19. The van der Waals surface area contributed by atoms with Crippen molar-refractivity contribution in [2.75, 3.05) is 19.6 Å². The number of amides is 2. The first-order valence-corrected chi connectivity index (χ1v) is 7.15. The minimum Gasteiger partial charge on any atom is -0.354 e. The standard InChI is InChI=1S/C16H23FN2O2/c1-12(2)10-19(13(3)20)11-16(21)18-9-8-14-4-6-15(17)7-5-14/h4-7,12H,8-11H2,1-3H3,(H,18,21). The molecule has 116 valence electrons. The van der Waals surface area contributed by atoms with Gasteiger partial charge in [0.2, 0.25) is 11.8 Å². The van der Waals surface area contributed by atoms with Gasteiger partial charge < -0.3 is 10.2 Å². The summed E-state index contributed by atoms with van der Waals surface area (Å²) in [4.78, 5) is 24.8. The molecule has 0 saturated heterocycles. The third-order valence-corrected chi connectivity index (χ3v) is 3.01. The van der Waals surface area contributed by atoms with Gasteiger partial charge in [0.15, 0.2) is 0 Å². The molecule has 0 bridgehead atoms. The smallest absolute Gasteiger partial charge is 0.239 e. The molecule has 0 aliphatic carbocycles. The molecule has 0 radical (unpaired) electrons. The van der Waals surface area contributed by atoms with Crippen LogP contribution in [0.2, 0.25) is 0 Å². The molecule has 0 aliphatic rings. The van der Waals surface area contributed by atoms with Crippen molar-refractivity contribution in [2.24, 2.45) is 5.92 Å². The van der Waals surface area contributed by atoms with Crippen LogP contribution in [0.4, 0.5) is 4.39 Å². The third kappa shape index (κ3) is 6.88. The zero-order valence-electron chi connectivity index (χ0n) is 12.9. The van der Waals surface area contributed by atoms with Crippen LogP contribution in [0.15, 0.2) is 24.3 Å². The van der Waals surface area contributed by atoms with Crippen molar-refractivity contribution in [2.45, 2.75) is 27.2 Å². The van der Waals surface area contributed by atoms with Crippen molar-refractivity contribution in [1.29, 1.82) is 0 Å². The summed E-state index contributed by atoms with van der Waals surface area (Å²) >= 11 is 0. The summed E-state index contributed by atoms with van der Waals surface area (Å²) in [6.07, 6.45) is 0.635. The zero-order valence-corrected chi connectivity index (χ0v) is 12.9. The van der Waals surface area contributed by atoms with E-state index < -0.39 is 0 Å². The SMILES string of the molecule is CC(=O)N(CC(=O)NCCc1ccc(F)cc1)CC(C)C. The lowest BCUT2D eigenvalue weighted by Gasteiger charge is -2.22. The first kappa shape index (κ1) is 17.1. The van der Waals surface area contributed by atoms with E-state index in [0.29, 0.717) is 25.4 Å². The van der Waals surface area contributed by atoms with Crippen LogP contribution in [0.3, 0.4) is 0 Å². The van der Waals surface area contributed by atoms with E-state index in [1.807, 2.05) is 13.8 Å². The maximum Gasteiger partial charge on any atom is 0.239 e. The van der Waals surface area contributed by atoms with Crippen molar-refractivity contribution in [3.63, 3.8) is 0 Å². The summed E-state index contributed by atoms with van der Waals surface area (Å²) in [7, 11) is 0. The molecule has 4 nitrogen and oxygen atoms in total. The Hall–Kier alpha value is -1.91. The normalized spacial score (nSPS) is 10.5. The van der Waals surface area contributed by atoms with Crippen LogP contribution in [0.5, 0.6) is 0 Å². The van der Waals surface area contributed by atoms with Crippen LogP contribution in [-0.2, 0) is 16.0 Å². The lowest BCUT2D eigenvalue weighted by Crippen LogP contribution is -2.41. The predicted octanol–water partition coefficient (Wildman–Crippen LogP) is 1.99. The third-order valence-electron chi connectivity index (χ3n) is 3.01. The van der Waals surface area contributed by atoms with Crippen LogP contribution in [0.1, 0.15) is 26.3 Å². The zero-order chi connectivity index (χ0) is 15.8. The number of benzene rings is 1. The van der Waals surface area contributed by atoms with E-state index >= 15 is 0 Å². The van der Waals surface area contributed by atoms with Gasteiger partial charge in [-0.1, -0.05) is 26.0 Å². The van der Waals surface area contributed by atoms with Crippen LogP contribution in [0.25, 0.3) is 0 Å². The van der Waals surface area contributed by atoms with E-state index in [1.54, 1.807) is 12.1 Å². The fraction of sp³-hybridized carbons (Fsp3) is 0.500. The van der Waals surface area contributed by atoms with Crippen LogP contribution in [-0.4, -0.2) is 36.3 Å². The van der Waals surface area contributed by atoms with Gasteiger partial charge in [0.05, 0.1) is 6.54 Å². The molecule has 0 fully saturated rings. The number of carbonyl (C=O) groups is 2. The molecule has 0 aromatic heterocycles. The summed E-state index contributed by atoms with van der Waals surface area (Å²) in [6.45, 7) is 6.59. The minimum absolute atomic E-state index is 0.0803. The molecule has 0 spiro atoms. The highest BCUT2D eigenvalue weighted by molar-refractivity contribution is 5.83. The fourth-order valence-corrected chi connectivity index (χ4v) is 1.97. The van der Waals surface area contributed by atoms with Gasteiger partial charge in [0.1, 0.15) is 5.82 Å². The van der Waals surface area contributed by atoms with Crippen molar-refractivity contribution in [1.82, 2.24) is 10.2 Å². The van der Waals surface area contributed by atoms with Crippen molar-refractivity contribution in [3.8, 4) is 0 Å². The molecule has 0 saturated carbocycles. The minimum atomic E-state index is -0.270. The summed E-state index contributed by atoms with van der Waals surface area (Å²) in [5.74, 6) is -0.222. The Bertz CT molecular complexity index is 472. The van der Waals surface area contributed by atoms with Gasteiger partial charge in [-0.3, -0.25) is 9.59 Å². The van der Waals surface area contributed by atoms with Gasteiger partial charge >= 0.3 is 0 Å². The molecular formula is C16H23FN2O2. The highest BCUT2D eigenvalue weighted by Gasteiger charge is 2.14. The Morgan fingerprint density at radius 1 is 1.24 bits per heavy atom. The predicted molar refractivity (Wildman–Crippen MR) is 80.2 cm³/mol. The van der Waals surface area contributed by atoms with E-state index in [9.17, 15) is 14.0 Å². The number of carbonyl (C=O) groups excluding carboxylic acids is 2. The Morgan fingerprint density at radius 3 is 2.38 bits per heavy atom. The molecule has 1 rings (SSSR count). The molecule has 2 amide bonds. The number of nitrogens with one attached hydrogen (secondary N) is 1. The lowest BCUT2D eigenvalue weighted by atomic mass is 10.1. The van der Waals surface area contributed by atoms with E-state index in [0.717, 1.165) is 5.56 Å². The second kappa shape index (κ2) is 8.39. The molecular weight excluding hydrogens is 271 g/mol. The first-order valence-electron chi connectivity index (χ1n) is 7.15. The largest absolute Gasteiger partial charge is 0.354 e. The molecule has 5 heteroatoms. The van der Waals surface area contributed by atoms with Gasteiger partial charge in [0, 0.05) is 20.0 Å². The molecule has 0 aliphatic heterocycles. The maximum absolute atomic E-state index is 12.8. The van der Waals surface area contributed by atoms with Gasteiger partial charge in [-0.15, -0.1) is 0 Å². The Balaban J connectivity index is 2.35. The van der Waals surface area contributed by atoms with E-state index in [-0.39, 0.29) is 24.2 Å². The van der Waals surface area contributed by atoms with Gasteiger partial charge in [0.25, 0.3) is 0 Å². The lowest BCUT2D eigenvalue weighted by molar-refractivity contribution is -0.134. The molecule has 1 N–H and O–H groups in total. The molecule has 1 aromatic rings. The van der Waals surface area contributed by atoms with Crippen LogP contribution in [0, 0.1) is 11.7 Å². The van der Waals surface area contributed by atoms with Crippen molar-refractivity contribution in [3.05, 3.63) is 35.6 Å². The molecule has 0 atom stereocenters. The highest BCUT2D eigenvalue weighted by Crippen LogP contribution is 2.03. The number of nitrogens with zero attached hydrogens (tertiary/aromatic N) is 1. The highest BCUT2D eigenvalue weighted by atomic mass is 19.1. The monoisotopic (exact) mass is 294 g/mol. The first-order chi connectivity index (χ1) is 9.88. The summed E-state index contributed by atoms with van der Waals surface area (Å²) in [5.41, 5.74) is 0.960. The summed E-state index contributed by atoms with van der Waals surface area (Å²) in [5, 5.41) is 2.78. The number of rotatable bonds is 7. The van der Waals surface area contributed by atoms with E-state index in [1.165, 1.54) is 24.0 Å². The van der Waals surface area contributed by atoms with E-state index in [4.69, 9.17) is 0 Å². The topological polar surface area (TPSA) is 49.4 Å². The van der Waals surface area contributed by atoms with Crippen molar-refractivity contribution < 1.29 is 14.0 Å². The summed E-state index contributed by atoms with van der Waals surface area (Å²) < 4.78 is 12.8. The fourth-order valence-electron chi connectivity index (χ4n) is 1.97. The molecule has 1 aromatic carbocycles. The van der Waals surface area contributed by atoms with Crippen LogP contribution >= 0.6 is 0 Å². The molecule has 21 heavy (non-hydrogen) atoms. The van der Waals surface area contributed by atoms with Gasteiger partial charge in [-0.25, -0.2) is 4.39 Å². The second-order valence-corrected chi connectivity index (χ2v) is 5.52. The second-order valence-electron chi connectivity index (χ2n) is 5.52. The van der Waals surface area contributed by atoms with Gasteiger partial charge in [-0.2, -0.15) is 0 Å². The Morgan fingerprint density at radius 2 is 1.86 bits per heavy atom. The molecule has 0 heterocycles. The quantitative estimate of drug-likeness (QED) is 0.836. The number of hydrogen-bond donors (Lipinski definition) is 1. The van der Waals surface area contributed by atoms with Crippen molar-refractivity contribution >= 4 is 11.8 Å². The average molecular weight is 294 g/mol. The van der Waals surface area contributed by atoms with Crippen LogP contribution < -0.4 is 5.32 Å². The molecule has 0 unspecified atom stereocenters. The van der Waals surface area contributed by atoms with E-state index in [2.05, 4.69) is 5.32 Å². The average Bonchev–Trinajstić information content (AvgIpc) is 2.39. The Labute approximate surface area is 125 Å². The number of halogens is 1.